The van der Waals surface area contributed by atoms with E-state index in [2.05, 4.69) is 15.0 Å². The van der Waals surface area contributed by atoms with E-state index in [4.69, 9.17) is 4.74 Å². The van der Waals surface area contributed by atoms with Gasteiger partial charge in [-0.3, -0.25) is 4.72 Å². The Hall–Kier alpha value is -2.32. The van der Waals surface area contributed by atoms with Gasteiger partial charge in [-0.05, 0) is 36.8 Å². The van der Waals surface area contributed by atoms with Crippen molar-refractivity contribution >= 4 is 27.4 Å². The van der Waals surface area contributed by atoms with Crippen molar-refractivity contribution in [2.75, 3.05) is 31.2 Å². The van der Waals surface area contributed by atoms with Gasteiger partial charge in [-0.2, -0.15) is 12.7 Å². The van der Waals surface area contributed by atoms with E-state index in [1.807, 2.05) is 25.1 Å². The van der Waals surface area contributed by atoms with Gasteiger partial charge in [-0.1, -0.05) is 6.07 Å². The minimum absolute atomic E-state index is 0.389. The first-order chi connectivity index (χ1) is 10.8. The zero-order chi connectivity index (χ0) is 17.0. The normalized spacial score (nSPS) is 11.3. The van der Waals surface area contributed by atoms with Crippen molar-refractivity contribution in [2.45, 2.75) is 6.92 Å². The van der Waals surface area contributed by atoms with E-state index >= 15 is 0 Å². The second-order valence-corrected chi connectivity index (χ2v) is 7.03. The molecule has 0 saturated carbocycles. The molecule has 0 spiro atoms. The lowest BCUT2D eigenvalue weighted by molar-refractivity contribution is 0.416. The fourth-order valence-corrected chi connectivity index (χ4v) is 2.43. The van der Waals surface area contributed by atoms with Gasteiger partial charge in [0.2, 0.25) is 0 Å². The van der Waals surface area contributed by atoms with Crippen molar-refractivity contribution < 1.29 is 13.2 Å². The summed E-state index contributed by atoms with van der Waals surface area (Å²) >= 11 is 0. The predicted octanol–water partition coefficient (Wildman–Crippen LogP) is 2.36. The average molecular weight is 336 g/mol. The molecule has 0 radical (unpaired) electrons. The van der Waals surface area contributed by atoms with E-state index in [0.717, 1.165) is 15.6 Å². The van der Waals surface area contributed by atoms with Crippen molar-refractivity contribution in [3.8, 4) is 5.75 Å². The standard InChI is InChI=1S/C15H20N4O3S/c1-11-5-7-14(22-4)13(9-11)17-15-8-6-12(10-16-15)18-23(20,21)19(2)3/h5-10,18H,1-4H3,(H,16,17). The maximum absolute atomic E-state index is 11.8. The summed E-state index contributed by atoms with van der Waals surface area (Å²) in [5.74, 6) is 1.29. The van der Waals surface area contributed by atoms with Gasteiger partial charge in [-0.15, -0.1) is 0 Å². The quantitative estimate of drug-likeness (QED) is 0.846. The number of rotatable bonds is 6. The number of anilines is 3. The molecule has 23 heavy (non-hydrogen) atoms. The van der Waals surface area contributed by atoms with Gasteiger partial charge >= 0.3 is 10.2 Å². The van der Waals surface area contributed by atoms with E-state index in [-0.39, 0.29) is 0 Å². The van der Waals surface area contributed by atoms with Gasteiger partial charge in [0.05, 0.1) is 24.7 Å². The van der Waals surface area contributed by atoms with Crippen LogP contribution in [0.25, 0.3) is 0 Å². The van der Waals surface area contributed by atoms with E-state index in [1.165, 1.54) is 20.3 Å². The molecule has 0 aliphatic carbocycles. The Morgan fingerprint density at radius 1 is 1.17 bits per heavy atom. The van der Waals surface area contributed by atoms with Crippen molar-refractivity contribution in [3.63, 3.8) is 0 Å². The highest BCUT2D eigenvalue weighted by Crippen LogP contribution is 2.28. The molecule has 0 amide bonds. The number of pyridine rings is 1. The molecular formula is C15H20N4O3S. The molecule has 8 heteroatoms. The van der Waals surface area contributed by atoms with Crippen LogP contribution in [0.5, 0.6) is 5.75 Å². The molecule has 1 aromatic carbocycles. The van der Waals surface area contributed by atoms with Gasteiger partial charge in [0, 0.05) is 14.1 Å². The minimum Gasteiger partial charge on any atom is -0.495 e. The monoisotopic (exact) mass is 336 g/mol. The molecule has 2 N–H and O–H groups in total. The first-order valence-corrected chi connectivity index (χ1v) is 8.34. The number of benzene rings is 1. The molecule has 0 atom stereocenters. The predicted molar refractivity (Wildman–Crippen MR) is 91.5 cm³/mol. The Bertz CT molecular complexity index is 774. The molecule has 2 aromatic rings. The Labute approximate surface area is 136 Å². The Morgan fingerprint density at radius 2 is 1.91 bits per heavy atom. The Balaban J connectivity index is 2.16. The largest absolute Gasteiger partial charge is 0.495 e. The van der Waals surface area contributed by atoms with Crippen molar-refractivity contribution in [2.24, 2.45) is 0 Å². The van der Waals surface area contributed by atoms with E-state index in [0.29, 0.717) is 17.3 Å². The zero-order valence-corrected chi connectivity index (χ0v) is 14.3. The van der Waals surface area contributed by atoms with Crippen LogP contribution in [0.2, 0.25) is 0 Å². The molecule has 0 aliphatic rings. The number of ether oxygens (including phenoxy) is 1. The molecule has 124 valence electrons. The summed E-state index contributed by atoms with van der Waals surface area (Å²) in [6.45, 7) is 1.98. The third-order valence-electron chi connectivity index (χ3n) is 3.11. The van der Waals surface area contributed by atoms with E-state index in [1.54, 1.807) is 19.2 Å². The van der Waals surface area contributed by atoms with Crippen LogP contribution in [-0.4, -0.2) is 38.9 Å². The van der Waals surface area contributed by atoms with Gasteiger partial charge in [0.25, 0.3) is 0 Å². The molecular weight excluding hydrogens is 316 g/mol. The molecule has 0 aliphatic heterocycles. The third kappa shape index (κ3) is 4.33. The van der Waals surface area contributed by atoms with Crippen LogP contribution in [0.3, 0.4) is 0 Å². The SMILES string of the molecule is COc1ccc(C)cc1Nc1ccc(NS(=O)(=O)N(C)C)cn1. The van der Waals surface area contributed by atoms with E-state index < -0.39 is 10.2 Å². The van der Waals surface area contributed by atoms with Gasteiger partial charge in [-0.25, -0.2) is 4.98 Å². The number of aromatic nitrogens is 1. The average Bonchev–Trinajstić information content (AvgIpc) is 2.49. The molecule has 1 aromatic heterocycles. The number of aryl methyl sites for hydroxylation is 1. The highest BCUT2D eigenvalue weighted by atomic mass is 32.2. The van der Waals surface area contributed by atoms with E-state index in [9.17, 15) is 8.42 Å². The molecule has 0 saturated heterocycles. The van der Waals surface area contributed by atoms with Crippen molar-refractivity contribution in [3.05, 3.63) is 42.1 Å². The maximum atomic E-state index is 11.8. The first kappa shape index (κ1) is 17.0. The van der Waals surface area contributed by atoms with Crippen LogP contribution in [0, 0.1) is 6.92 Å². The summed E-state index contributed by atoms with van der Waals surface area (Å²) in [5.41, 5.74) is 2.27. The van der Waals surface area contributed by atoms with Crippen LogP contribution in [0.1, 0.15) is 5.56 Å². The maximum Gasteiger partial charge on any atom is 0.301 e. The lowest BCUT2D eigenvalue weighted by atomic mass is 10.2. The second kappa shape index (κ2) is 6.84. The highest BCUT2D eigenvalue weighted by Gasteiger charge is 2.13. The first-order valence-electron chi connectivity index (χ1n) is 6.90. The van der Waals surface area contributed by atoms with Gasteiger partial charge in [0.15, 0.2) is 0 Å². The van der Waals surface area contributed by atoms with Crippen LogP contribution in [-0.2, 0) is 10.2 Å². The van der Waals surface area contributed by atoms with Crippen LogP contribution in [0.4, 0.5) is 17.2 Å². The fourth-order valence-electron chi connectivity index (χ4n) is 1.83. The summed E-state index contributed by atoms with van der Waals surface area (Å²) < 4.78 is 32.3. The molecule has 7 nitrogen and oxygen atoms in total. The number of nitrogens with one attached hydrogen (secondary N) is 2. The lowest BCUT2D eigenvalue weighted by Crippen LogP contribution is -2.28. The fraction of sp³-hybridized carbons (Fsp3) is 0.267. The number of nitrogens with zero attached hydrogens (tertiary/aromatic N) is 2. The number of hydrogen-bond acceptors (Lipinski definition) is 5. The summed E-state index contributed by atoms with van der Waals surface area (Å²) in [5, 5.41) is 3.15. The van der Waals surface area contributed by atoms with Gasteiger partial charge < -0.3 is 10.1 Å². The van der Waals surface area contributed by atoms with Crippen molar-refractivity contribution in [1.29, 1.82) is 0 Å². The minimum atomic E-state index is -3.54. The highest BCUT2D eigenvalue weighted by molar-refractivity contribution is 7.90. The molecule has 0 unspecified atom stereocenters. The summed E-state index contributed by atoms with van der Waals surface area (Å²) in [6.07, 6.45) is 1.45. The lowest BCUT2D eigenvalue weighted by Gasteiger charge is -2.14. The molecule has 0 fully saturated rings. The Morgan fingerprint density at radius 3 is 2.48 bits per heavy atom. The molecule has 1 heterocycles. The number of methoxy groups -OCH3 is 1. The van der Waals surface area contributed by atoms with Crippen LogP contribution < -0.4 is 14.8 Å². The molecule has 2 rings (SSSR count). The van der Waals surface area contributed by atoms with Crippen LogP contribution >= 0.6 is 0 Å². The second-order valence-electron chi connectivity index (χ2n) is 5.15. The Kier molecular flexibility index (Phi) is 5.07. The smallest absolute Gasteiger partial charge is 0.301 e. The van der Waals surface area contributed by atoms with Crippen molar-refractivity contribution in [1.82, 2.24) is 9.29 Å². The summed E-state index contributed by atoms with van der Waals surface area (Å²) in [6, 6.07) is 9.10. The zero-order valence-electron chi connectivity index (χ0n) is 13.5. The molecule has 0 bridgehead atoms. The van der Waals surface area contributed by atoms with Crippen LogP contribution in [0.15, 0.2) is 36.5 Å². The summed E-state index contributed by atoms with van der Waals surface area (Å²) in [4.78, 5) is 4.21. The third-order valence-corrected chi connectivity index (χ3v) is 4.56. The summed E-state index contributed by atoms with van der Waals surface area (Å²) in [7, 11) is 0.971. The number of hydrogen-bond donors (Lipinski definition) is 2. The van der Waals surface area contributed by atoms with Gasteiger partial charge in [0.1, 0.15) is 11.6 Å². The topological polar surface area (TPSA) is 83.6 Å².